The molecule has 1 saturated carbocycles. The highest BCUT2D eigenvalue weighted by molar-refractivity contribution is 6.42. The van der Waals surface area contributed by atoms with Crippen LogP contribution >= 0.6 is 23.2 Å². The maximum Gasteiger partial charge on any atom is 0.309 e. The number of carboxylic acid groups (broad SMARTS) is 1. The Morgan fingerprint density at radius 1 is 1.32 bits per heavy atom. The molecule has 4 heteroatoms. The van der Waals surface area contributed by atoms with Crippen molar-refractivity contribution in [3.05, 3.63) is 33.8 Å². The lowest BCUT2D eigenvalue weighted by Gasteiger charge is -2.36. The van der Waals surface area contributed by atoms with Crippen LogP contribution < -0.4 is 0 Å². The highest BCUT2D eigenvalue weighted by Gasteiger charge is 2.41. The topological polar surface area (TPSA) is 37.3 Å². The highest BCUT2D eigenvalue weighted by Crippen LogP contribution is 2.42. The number of hydrogen-bond acceptors (Lipinski definition) is 1. The Hall–Kier alpha value is -0.730. The fourth-order valence-corrected chi connectivity index (χ4v) is 3.14. The summed E-state index contributed by atoms with van der Waals surface area (Å²) >= 11 is 11.9. The summed E-state index contributed by atoms with van der Waals surface area (Å²) < 4.78 is 0. The molecule has 1 N–H and O–H groups in total. The van der Waals surface area contributed by atoms with Crippen molar-refractivity contribution in [2.75, 3.05) is 0 Å². The number of hydrogen-bond donors (Lipinski definition) is 1. The zero-order valence-corrected chi connectivity index (χ0v) is 12.5. The van der Waals surface area contributed by atoms with Crippen LogP contribution in [0, 0.1) is 11.3 Å². The van der Waals surface area contributed by atoms with Gasteiger partial charge < -0.3 is 5.11 Å². The molecule has 0 amide bonds. The summed E-state index contributed by atoms with van der Waals surface area (Å²) in [7, 11) is 0. The summed E-state index contributed by atoms with van der Waals surface area (Å²) in [4.78, 5) is 11.7. The molecular weight excluding hydrogens is 283 g/mol. The average molecular weight is 301 g/mol. The first-order valence-corrected chi connectivity index (χ1v) is 7.36. The van der Waals surface area contributed by atoms with Gasteiger partial charge in [0, 0.05) is 0 Å². The third-order valence-corrected chi connectivity index (χ3v) is 4.95. The van der Waals surface area contributed by atoms with Gasteiger partial charge in [-0.15, -0.1) is 0 Å². The van der Waals surface area contributed by atoms with Crippen LogP contribution in [0.3, 0.4) is 0 Å². The van der Waals surface area contributed by atoms with Crippen LogP contribution in [0.1, 0.15) is 38.2 Å². The SMILES string of the molecule is CC1CCC(Cc2ccc(Cl)c(Cl)c2)(C(=O)O)CC1. The zero-order valence-electron chi connectivity index (χ0n) is 11.0. The highest BCUT2D eigenvalue weighted by atomic mass is 35.5. The van der Waals surface area contributed by atoms with E-state index in [1.165, 1.54) is 0 Å². The Labute approximate surface area is 123 Å². The van der Waals surface area contributed by atoms with Crippen LogP contribution in [0.25, 0.3) is 0 Å². The monoisotopic (exact) mass is 300 g/mol. The van der Waals surface area contributed by atoms with Gasteiger partial charge in [0.15, 0.2) is 0 Å². The van der Waals surface area contributed by atoms with Crippen molar-refractivity contribution in [2.45, 2.75) is 39.0 Å². The average Bonchev–Trinajstić information content (AvgIpc) is 2.37. The summed E-state index contributed by atoms with van der Waals surface area (Å²) in [6.07, 6.45) is 3.97. The molecule has 0 atom stereocenters. The van der Waals surface area contributed by atoms with E-state index in [-0.39, 0.29) is 0 Å². The number of benzene rings is 1. The van der Waals surface area contributed by atoms with E-state index >= 15 is 0 Å². The van der Waals surface area contributed by atoms with E-state index in [2.05, 4.69) is 6.92 Å². The molecule has 0 radical (unpaired) electrons. The van der Waals surface area contributed by atoms with E-state index in [1.807, 2.05) is 6.07 Å². The van der Waals surface area contributed by atoms with Gasteiger partial charge in [-0.2, -0.15) is 0 Å². The van der Waals surface area contributed by atoms with Crippen LogP contribution in [0.4, 0.5) is 0 Å². The second-order valence-corrected chi connectivity index (χ2v) is 6.51. The molecule has 1 aliphatic rings. The first-order chi connectivity index (χ1) is 8.93. The minimum absolute atomic E-state index is 0.490. The van der Waals surface area contributed by atoms with Crippen molar-refractivity contribution in [1.82, 2.24) is 0 Å². The van der Waals surface area contributed by atoms with Crippen molar-refractivity contribution in [3.63, 3.8) is 0 Å². The maximum atomic E-state index is 11.7. The van der Waals surface area contributed by atoms with Crippen molar-refractivity contribution < 1.29 is 9.90 Å². The molecule has 1 aromatic carbocycles. The van der Waals surface area contributed by atoms with Gasteiger partial charge >= 0.3 is 5.97 Å². The van der Waals surface area contributed by atoms with Crippen LogP contribution in [-0.4, -0.2) is 11.1 Å². The van der Waals surface area contributed by atoms with Crippen molar-refractivity contribution in [2.24, 2.45) is 11.3 Å². The third kappa shape index (κ3) is 3.24. The molecule has 0 aromatic heterocycles. The first-order valence-electron chi connectivity index (χ1n) is 6.60. The predicted molar refractivity (Wildman–Crippen MR) is 77.9 cm³/mol. The molecule has 0 saturated heterocycles. The van der Waals surface area contributed by atoms with Crippen LogP contribution in [-0.2, 0) is 11.2 Å². The summed E-state index contributed by atoms with van der Waals surface area (Å²) in [6, 6.07) is 5.39. The van der Waals surface area contributed by atoms with Gasteiger partial charge in [0.25, 0.3) is 0 Å². The minimum atomic E-state index is -0.689. The van der Waals surface area contributed by atoms with Crippen molar-refractivity contribution >= 4 is 29.2 Å². The van der Waals surface area contributed by atoms with Gasteiger partial charge in [-0.3, -0.25) is 4.79 Å². The van der Waals surface area contributed by atoms with E-state index in [9.17, 15) is 9.90 Å². The van der Waals surface area contributed by atoms with E-state index in [0.29, 0.717) is 22.4 Å². The van der Waals surface area contributed by atoms with Crippen molar-refractivity contribution in [3.8, 4) is 0 Å². The van der Waals surface area contributed by atoms with Gasteiger partial charge in [0.05, 0.1) is 15.5 Å². The lowest BCUT2D eigenvalue weighted by Crippen LogP contribution is -2.37. The summed E-state index contributed by atoms with van der Waals surface area (Å²) in [5.74, 6) is -0.0632. The normalized spacial score (nSPS) is 27.2. The second-order valence-electron chi connectivity index (χ2n) is 5.69. The number of rotatable bonds is 3. The van der Waals surface area contributed by atoms with Crippen LogP contribution in [0.2, 0.25) is 10.0 Å². The Kier molecular flexibility index (Phi) is 4.42. The molecule has 1 aromatic rings. The molecule has 104 valence electrons. The fourth-order valence-electron chi connectivity index (χ4n) is 2.82. The van der Waals surface area contributed by atoms with Gasteiger partial charge in [-0.25, -0.2) is 0 Å². The molecule has 2 nitrogen and oxygen atoms in total. The lowest BCUT2D eigenvalue weighted by molar-refractivity contribution is -0.151. The molecule has 0 heterocycles. The van der Waals surface area contributed by atoms with E-state index in [1.54, 1.807) is 12.1 Å². The van der Waals surface area contributed by atoms with Crippen LogP contribution in [0.15, 0.2) is 18.2 Å². The first kappa shape index (κ1) is 14.7. The van der Waals surface area contributed by atoms with E-state index < -0.39 is 11.4 Å². The molecule has 1 fully saturated rings. The number of aliphatic carboxylic acids is 1. The molecule has 0 unspecified atom stereocenters. The summed E-state index contributed by atoms with van der Waals surface area (Å²) in [5.41, 5.74) is 0.315. The zero-order chi connectivity index (χ0) is 14.0. The fraction of sp³-hybridized carbons (Fsp3) is 0.533. The summed E-state index contributed by atoms with van der Waals surface area (Å²) in [5, 5.41) is 10.6. The molecule has 19 heavy (non-hydrogen) atoms. The van der Waals surface area contributed by atoms with Gasteiger partial charge in [0.2, 0.25) is 0 Å². The molecule has 0 bridgehead atoms. The van der Waals surface area contributed by atoms with E-state index in [0.717, 1.165) is 31.2 Å². The van der Waals surface area contributed by atoms with Crippen LogP contribution in [0.5, 0.6) is 0 Å². The number of halogens is 2. The van der Waals surface area contributed by atoms with E-state index in [4.69, 9.17) is 23.2 Å². The van der Waals surface area contributed by atoms with Gasteiger partial charge in [-0.1, -0.05) is 36.2 Å². The molecule has 0 spiro atoms. The van der Waals surface area contributed by atoms with Crippen molar-refractivity contribution in [1.29, 1.82) is 0 Å². The quantitative estimate of drug-likeness (QED) is 0.869. The molecule has 1 aliphatic carbocycles. The standard InChI is InChI=1S/C15H18Cl2O2/c1-10-4-6-15(7-5-10,14(18)19)9-11-2-3-12(16)13(17)8-11/h2-3,8,10H,4-7,9H2,1H3,(H,18,19). The smallest absolute Gasteiger partial charge is 0.309 e. The molecule has 2 rings (SSSR count). The van der Waals surface area contributed by atoms with Gasteiger partial charge in [-0.05, 0) is 55.7 Å². The third-order valence-electron chi connectivity index (χ3n) is 4.21. The Morgan fingerprint density at radius 2 is 1.95 bits per heavy atom. The Bertz CT molecular complexity index is 477. The molecular formula is C15H18Cl2O2. The Balaban J connectivity index is 2.21. The lowest BCUT2D eigenvalue weighted by atomic mass is 9.68. The molecule has 0 aliphatic heterocycles. The predicted octanol–water partition coefficient (Wildman–Crippen LogP) is 4.82. The maximum absolute atomic E-state index is 11.7. The second kappa shape index (κ2) is 5.72. The van der Waals surface area contributed by atoms with Gasteiger partial charge in [0.1, 0.15) is 0 Å². The minimum Gasteiger partial charge on any atom is -0.481 e. The number of carboxylic acids is 1. The number of carbonyl (C=O) groups is 1. The largest absolute Gasteiger partial charge is 0.481 e. The Morgan fingerprint density at radius 3 is 2.47 bits per heavy atom. The summed E-state index contributed by atoms with van der Waals surface area (Å²) in [6.45, 7) is 2.19.